The van der Waals surface area contributed by atoms with Crippen LogP contribution in [-0.4, -0.2) is 20.4 Å². The van der Waals surface area contributed by atoms with Gasteiger partial charge in [0.1, 0.15) is 4.21 Å². The Morgan fingerprint density at radius 2 is 1.86 bits per heavy atom. The van der Waals surface area contributed by atoms with Crippen LogP contribution in [0.5, 0.6) is 0 Å². The molecule has 1 aromatic heterocycles. The lowest BCUT2D eigenvalue weighted by molar-refractivity contribution is 0.0911. The van der Waals surface area contributed by atoms with Crippen LogP contribution in [-0.2, 0) is 10.0 Å². The Balaban J connectivity index is 2.13. The standard InChI is InChI=1S/C14H22N2O3S2/c1-8-4-9(2)6-11(5-8)16-13(17)12-7-20-14(10(12)3)21(15,18)19/h7-9,11H,4-6H2,1-3H3,(H,16,17)(H2,15,18,19). The van der Waals surface area contributed by atoms with E-state index in [2.05, 4.69) is 19.2 Å². The van der Waals surface area contributed by atoms with Gasteiger partial charge in [0, 0.05) is 11.4 Å². The van der Waals surface area contributed by atoms with E-state index in [9.17, 15) is 13.2 Å². The van der Waals surface area contributed by atoms with E-state index in [-0.39, 0.29) is 16.2 Å². The number of rotatable bonds is 3. The first-order valence-electron chi connectivity index (χ1n) is 7.10. The van der Waals surface area contributed by atoms with Crippen LogP contribution in [0.3, 0.4) is 0 Å². The maximum atomic E-state index is 12.3. The predicted molar refractivity (Wildman–Crippen MR) is 83.9 cm³/mol. The van der Waals surface area contributed by atoms with Gasteiger partial charge in [-0.15, -0.1) is 11.3 Å². The Morgan fingerprint density at radius 3 is 2.33 bits per heavy atom. The van der Waals surface area contributed by atoms with Crippen LogP contribution in [0.15, 0.2) is 9.59 Å². The van der Waals surface area contributed by atoms with Crippen LogP contribution in [0, 0.1) is 18.8 Å². The summed E-state index contributed by atoms with van der Waals surface area (Å²) in [5, 5.41) is 9.75. The summed E-state index contributed by atoms with van der Waals surface area (Å²) in [6.07, 6.45) is 3.14. The minimum Gasteiger partial charge on any atom is -0.349 e. The van der Waals surface area contributed by atoms with E-state index in [4.69, 9.17) is 5.14 Å². The van der Waals surface area contributed by atoms with Gasteiger partial charge in [-0.3, -0.25) is 4.79 Å². The minimum atomic E-state index is -3.76. The highest BCUT2D eigenvalue weighted by atomic mass is 32.2. The SMILES string of the molecule is Cc1c(C(=O)NC2CC(C)CC(C)C2)csc1S(N)(=O)=O. The zero-order valence-corrected chi connectivity index (χ0v) is 14.2. The van der Waals surface area contributed by atoms with Gasteiger partial charge in [0.25, 0.3) is 5.91 Å². The molecule has 0 aliphatic heterocycles. The second-order valence-electron chi connectivity index (χ2n) is 6.19. The summed E-state index contributed by atoms with van der Waals surface area (Å²) in [4.78, 5) is 12.3. The number of carbonyl (C=O) groups is 1. The van der Waals surface area contributed by atoms with Gasteiger partial charge in [-0.2, -0.15) is 0 Å². The highest BCUT2D eigenvalue weighted by Gasteiger charge is 2.27. The fourth-order valence-corrected chi connectivity index (χ4v) is 5.24. The van der Waals surface area contributed by atoms with Gasteiger partial charge >= 0.3 is 0 Å². The smallest absolute Gasteiger partial charge is 0.252 e. The molecule has 3 N–H and O–H groups in total. The second kappa shape index (κ2) is 6.06. The second-order valence-corrected chi connectivity index (χ2v) is 8.83. The molecule has 0 spiro atoms. The van der Waals surface area contributed by atoms with Crippen molar-refractivity contribution in [2.24, 2.45) is 17.0 Å². The van der Waals surface area contributed by atoms with Crippen molar-refractivity contribution in [1.82, 2.24) is 5.32 Å². The minimum absolute atomic E-state index is 0.0676. The van der Waals surface area contributed by atoms with Gasteiger partial charge in [-0.1, -0.05) is 13.8 Å². The number of nitrogens with two attached hydrogens (primary N) is 1. The normalized spacial score (nSPS) is 26.6. The lowest BCUT2D eigenvalue weighted by atomic mass is 9.80. The third-order valence-electron chi connectivity index (χ3n) is 4.01. The van der Waals surface area contributed by atoms with Crippen molar-refractivity contribution < 1.29 is 13.2 Å². The average molecular weight is 330 g/mol. The van der Waals surface area contributed by atoms with Gasteiger partial charge in [-0.25, -0.2) is 13.6 Å². The third-order valence-corrected chi connectivity index (χ3v) is 6.69. The van der Waals surface area contributed by atoms with E-state index >= 15 is 0 Å². The number of hydrogen-bond donors (Lipinski definition) is 2. The lowest BCUT2D eigenvalue weighted by Crippen LogP contribution is -2.40. The summed E-state index contributed by atoms with van der Waals surface area (Å²) < 4.78 is 22.9. The molecule has 0 radical (unpaired) electrons. The lowest BCUT2D eigenvalue weighted by Gasteiger charge is -2.31. The summed E-state index contributed by atoms with van der Waals surface area (Å²) in [5.41, 5.74) is 0.854. The van der Waals surface area contributed by atoms with Gasteiger partial charge in [-0.05, 0) is 43.6 Å². The van der Waals surface area contributed by atoms with Gasteiger partial charge in [0.2, 0.25) is 10.0 Å². The summed E-state index contributed by atoms with van der Waals surface area (Å²) >= 11 is 1.00. The van der Waals surface area contributed by atoms with E-state index in [1.54, 1.807) is 12.3 Å². The van der Waals surface area contributed by atoms with Crippen molar-refractivity contribution in [3.63, 3.8) is 0 Å². The number of thiophene rings is 1. The largest absolute Gasteiger partial charge is 0.349 e. The van der Waals surface area contributed by atoms with Crippen LogP contribution >= 0.6 is 11.3 Å². The molecule has 1 amide bonds. The van der Waals surface area contributed by atoms with Crippen molar-refractivity contribution in [3.8, 4) is 0 Å². The quantitative estimate of drug-likeness (QED) is 0.891. The van der Waals surface area contributed by atoms with Crippen molar-refractivity contribution in [1.29, 1.82) is 0 Å². The number of carbonyl (C=O) groups excluding carboxylic acids is 1. The van der Waals surface area contributed by atoms with E-state index in [1.807, 2.05) is 0 Å². The van der Waals surface area contributed by atoms with Crippen LogP contribution in [0.25, 0.3) is 0 Å². The zero-order chi connectivity index (χ0) is 15.8. The molecule has 0 bridgehead atoms. The molecule has 21 heavy (non-hydrogen) atoms. The molecule has 5 nitrogen and oxygen atoms in total. The average Bonchev–Trinajstić information content (AvgIpc) is 2.69. The summed E-state index contributed by atoms with van der Waals surface area (Å²) in [6, 6.07) is 0.161. The maximum absolute atomic E-state index is 12.3. The molecule has 118 valence electrons. The van der Waals surface area contributed by atoms with Crippen LogP contribution in [0.2, 0.25) is 0 Å². The van der Waals surface area contributed by atoms with Crippen molar-refractivity contribution in [3.05, 3.63) is 16.5 Å². The molecule has 1 aliphatic carbocycles. The van der Waals surface area contributed by atoms with E-state index in [0.29, 0.717) is 23.0 Å². The van der Waals surface area contributed by atoms with Crippen molar-refractivity contribution in [2.75, 3.05) is 0 Å². The van der Waals surface area contributed by atoms with Crippen molar-refractivity contribution >= 4 is 27.3 Å². The van der Waals surface area contributed by atoms with E-state index < -0.39 is 10.0 Å². The molecule has 0 aromatic carbocycles. The molecule has 1 aromatic rings. The first-order chi connectivity index (χ1) is 9.68. The van der Waals surface area contributed by atoms with Crippen LogP contribution in [0.4, 0.5) is 0 Å². The monoisotopic (exact) mass is 330 g/mol. The predicted octanol–water partition coefficient (Wildman–Crippen LogP) is 2.26. The molecular weight excluding hydrogens is 308 g/mol. The molecular formula is C14H22N2O3S2. The topological polar surface area (TPSA) is 89.3 Å². The summed E-state index contributed by atoms with van der Waals surface area (Å²) in [7, 11) is -3.76. The summed E-state index contributed by atoms with van der Waals surface area (Å²) in [6.45, 7) is 6.02. The Labute approximate surface area is 130 Å². The van der Waals surface area contributed by atoms with Gasteiger partial charge < -0.3 is 5.32 Å². The van der Waals surface area contributed by atoms with Gasteiger partial charge in [0.05, 0.1) is 5.56 Å². The highest BCUT2D eigenvalue weighted by molar-refractivity contribution is 7.91. The first-order valence-corrected chi connectivity index (χ1v) is 9.52. The summed E-state index contributed by atoms with van der Waals surface area (Å²) in [5.74, 6) is 0.996. The highest BCUT2D eigenvalue weighted by Crippen LogP contribution is 2.30. The molecule has 2 rings (SSSR count). The molecule has 7 heteroatoms. The Hall–Kier alpha value is -0.920. The van der Waals surface area contributed by atoms with Gasteiger partial charge in [0.15, 0.2) is 0 Å². The maximum Gasteiger partial charge on any atom is 0.252 e. The molecule has 0 saturated heterocycles. The first kappa shape index (κ1) is 16.5. The Bertz CT molecular complexity index is 627. The van der Waals surface area contributed by atoms with E-state index in [1.165, 1.54) is 6.42 Å². The third kappa shape index (κ3) is 3.84. The fraction of sp³-hybridized carbons (Fsp3) is 0.643. The van der Waals surface area contributed by atoms with E-state index in [0.717, 1.165) is 24.2 Å². The molecule has 1 heterocycles. The molecule has 2 atom stereocenters. The fourth-order valence-electron chi connectivity index (χ4n) is 3.23. The number of hydrogen-bond acceptors (Lipinski definition) is 4. The molecule has 1 saturated carbocycles. The number of primary sulfonamides is 1. The van der Waals surface area contributed by atoms with Crippen LogP contribution in [0.1, 0.15) is 49.0 Å². The number of sulfonamides is 1. The molecule has 1 fully saturated rings. The Kier molecular flexibility index (Phi) is 4.75. The molecule has 2 unspecified atom stereocenters. The van der Waals surface area contributed by atoms with Crippen LogP contribution < -0.4 is 10.5 Å². The number of nitrogens with one attached hydrogen (secondary N) is 1. The zero-order valence-electron chi connectivity index (χ0n) is 12.5. The molecule has 1 aliphatic rings. The number of amides is 1. The van der Waals surface area contributed by atoms with Crippen molar-refractivity contribution in [2.45, 2.75) is 50.3 Å². The Morgan fingerprint density at radius 1 is 1.29 bits per heavy atom.